The normalized spacial score (nSPS) is 12.9. The topological polar surface area (TPSA) is 78.9 Å². The van der Waals surface area contributed by atoms with Crippen LogP contribution in [0, 0.1) is 0 Å². The maximum Gasteiger partial charge on any atom is 0.306 e. The summed E-state index contributed by atoms with van der Waals surface area (Å²) < 4.78 is 16.8. The molecule has 422 valence electrons. The number of hydrogen-bond donors (Lipinski definition) is 0. The van der Waals surface area contributed by atoms with Gasteiger partial charge in [-0.3, -0.25) is 14.4 Å². The van der Waals surface area contributed by atoms with E-state index in [0.29, 0.717) is 19.3 Å². The van der Waals surface area contributed by atoms with Crippen LogP contribution in [0.1, 0.15) is 284 Å². The summed E-state index contributed by atoms with van der Waals surface area (Å²) in [7, 11) is 0. The molecule has 6 heteroatoms. The number of hydrogen-bond acceptors (Lipinski definition) is 6. The summed E-state index contributed by atoms with van der Waals surface area (Å²) in [6, 6.07) is 0. The van der Waals surface area contributed by atoms with Crippen LogP contribution < -0.4 is 0 Å². The van der Waals surface area contributed by atoms with Crippen LogP contribution in [0.3, 0.4) is 0 Å². The van der Waals surface area contributed by atoms with Crippen LogP contribution in [0.25, 0.3) is 0 Å². The standard InChI is InChI=1S/C68H114O6/c1-4-7-10-13-16-18-20-22-24-26-28-30-31-32-33-34-35-36-37-39-40-42-44-46-48-50-52-55-58-61-67(70)73-64-65(63-72-66(69)60-57-54-15-12-9-6-3)74-68(71)62-59-56-53-51-49-47-45-43-41-38-29-27-25-23-21-19-17-14-11-8-5-2/h7-8,10-11,16-19,22-25,28-30,32-33,38,65H,4-6,9,12-15,20-21,26-27,31,34-37,39-64H2,1-3H3/b10-7-,11-8-,18-16-,19-17-,24-22-,25-23-,30-28-,33-32-,38-29-. The number of allylic oxidation sites excluding steroid dienone is 18. The number of esters is 3. The van der Waals surface area contributed by atoms with Gasteiger partial charge in [-0.1, -0.05) is 271 Å². The third-order valence-corrected chi connectivity index (χ3v) is 13.0. The van der Waals surface area contributed by atoms with Gasteiger partial charge in [0.2, 0.25) is 0 Å². The maximum absolute atomic E-state index is 12.8. The lowest BCUT2D eigenvalue weighted by Crippen LogP contribution is -2.30. The van der Waals surface area contributed by atoms with Gasteiger partial charge in [-0.05, 0) is 103 Å². The number of ether oxygens (including phenoxy) is 3. The van der Waals surface area contributed by atoms with E-state index in [1.54, 1.807) is 0 Å². The van der Waals surface area contributed by atoms with E-state index >= 15 is 0 Å². The molecule has 0 aromatic carbocycles. The number of unbranched alkanes of at least 4 members (excludes halogenated alkanes) is 26. The van der Waals surface area contributed by atoms with E-state index in [4.69, 9.17) is 14.2 Å². The summed E-state index contributed by atoms with van der Waals surface area (Å²) in [6.07, 6.45) is 84.1. The van der Waals surface area contributed by atoms with Crippen LogP contribution in [0.4, 0.5) is 0 Å². The lowest BCUT2D eigenvalue weighted by molar-refractivity contribution is -0.167. The fraction of sp³-hybridized carbons (Fsp3) is 0.691. The summed E-state index contributed by atoms with van der Waals surface area (Å²) in [5, 5.41) is 0. The predicted octanol–water partition coefficient (Wildman–Crippen LogP) is 21.0. The van der Waals surface area contributed by atoms with Crippen molar-refractivity contribution in [1.29, 1.82) is 0 Å². The second kappa shape index (κ2) is 61.6. The van der Waals surface area contributed by atoms with E-state index in [-0.39, 0.29) is 31.1 Å². The minimum Gasteiger partial charge on any atom is -0.462 e. The van der Waals surface area contributed by atoms with E-state index in [1.165, 1.54) is 122 Å². The average molecular weight is 1030 g/mol. The zero-order valence-corrected chi connectivity index (χ0v) is 48.3. The van der Waals surface area contributed by atoms with E-state index in [1.807, 2.05) is 0 Å². The third kappa shape index (κ3) is 59.0. The molecule has 0 rings (SSSR count). The second-order valence-corrected chi connectivity index (χ2v) is 20.2. The summed E-state index contributed by atoms with van der Waals surface area (Å²) in [6.45, 7) is 6.36. The Hall–Kier alpha value is -3.93. The van der Waals surface area contributed by atoms with E-state index < -0.39 is 6.10 Å². The van der Waals surface area contributed by atoms with Gasteiger partial charge < -0.3 is 14.2 Å². The minimum atomic E-state index is -0.781. The molecule has 0 aliphatic carbocycles. The molecule has 0 spiro atoms. The van der Waals surface area contributed by atoms with Crippen molar-refractivity contribution in [2.24, 2.45) is 0 Å². The van der Waals surface area contributed by atoms with Gasteiger partial charge in [0.05, 0.1) is 0 Å². The van der Waals surface area contributed by atoms with Crippen LogP contribution in [-0.4, -0.2) is 37.2 Å². The third-order valence-electron chi connectivity index (χ3n) is 13.0. The van der Waals surface area contributed by atoms with Crippen molar-refractivity contribution < 1.29 is 28.6 Å². The molecule has 0 fully saturated rings. The van der Waals surface area contributed by atoms with Crippen LogP contribution >= 0.6 is 0 Å². The zero-order chi connectivity index (χ0) is 53.6. The fourth-order valence-electron chi connectivity index (χ4n) is 8.46. The molecule has 6 nitrogen and oxygen atoms in total. The Bertz CT molecular complexity index is 1510. The molecule has 0 radical (unpaired) electrons. The Balaban J connectivity index is 4.10. The van der Waals surface area contributed by atoms with Gasteiger partial charge in [0.15, 0.2) is 6.10 Å². The Morgan fingerprint density at radius 1 is 0.284 bits per heavy atom. The Morgan fingerprint density at radius 2 is 0.527 bits per heavy atom. The summed E-state index contributed by atoms with van der Waals surface area (Å²) in [5.74, 6) is -0.895. The molecule has 0 saturated heterocycles. The molecular formula is C68H114O6. The largest absolute Gasteiger partial charge is 0.462 e. The molecule has 0 N–H and O–H groups in total. The SMILES string of the molecule is CC/C=C\C/C=C\C/C=C\C/C=C\C/C=C\CCCCCCCCCCCCCCCC(=O)OCC(COC(=O)CCCCCCCC)OC(=O)CCCCCCCCCC/C=C\C/C=C\C/C=C\C/C=C\CC. The van der Waals surface area contributed by atoms with Crippen molar-refractivity contribution in [2.75, 3.05) is 13.2 Å². The first-order valence-electron chi connectivity index (χ1n) is 30.9. The maximum atomic E-state index is 12.8. The molecule has 0 aromatic rings. The first-order chi connectivity index (χ1) is 36.5. The molecule has 0 bridgehead atoms. The van der Waals surface area contributed by atoms with Gasteiger partial charge in [-0.25, -0.2) is 0 Å². The van der Waals surface area contributed by atoms with Gasteiger partial charge in [-0.2, -0.15) is 0 Å². The smallest absolute Gasteiger partial charge is 0.306 e. The van der Waals surface area contributed by atoms with Crippen LogP contribution in [-0.2, 0) is 28.6 Å². The average Bonchev–Trinajstić information content (AvgIpc) is 3.40. The van der Waals surface area contributed by atoms with Crippen LogP contribution in [0.2, 0.25) is 0 Å². The molecule has 0 heterocycles. The highest BCUT2D eigenvalue weighted by atomic mass is 16.6. The molecule has 74 heavy (non-hydrogen) atoms. The Morgan fingerprint density at radius 3 is 0.824 bits per heavy atom. The predicted molar refractivity (Wildman–Crippen MR) is 320 cm³/mol. The lowest BCUT2D eigenvalue weighted by Gasteiger charge is -2.18. The minimum absolute atomic E-state index is 0.0810. The van der Waals surface area contributed by atoms with Crippen molar-refractivity contribution in [3.05, 3.63) is 109 Å². The molecule has 1 unspecified atom stereocenters. The number of rotatable bonds is 55. The van der Waals surface area contributed by atoms with E-state index in [2.05, 4.69) is 130 Å². The Kier molecular flexibility index (Phi) is 58.3. The zero-order valence-electron chi connectivity index (χ0n) is 48.3. The van der Waals surface area contributed by atoms with Crippen molar-refractivity contribution in [3.8, 4) is 0 Å². The van der Waals surface area contributed by atoms with Gasteiger partial charge in [0.25, 0.3) is 0 Å². The quantitative estimate of drug-likeness (QED) is 0.0261. The number of carbonyl (C=O) groups excluding carboxylic acids is 3. The van der Waals surface area contributed by atoms with E-state index in [9.17, 15) is 14.4 Å². The number of carbonyl (C=O) groups is 3. The van der Waals surface area contributed by atoms with Crippen LogP contribution in [0.15, 0.2) is 109 Å². The summed E-state index contributed by atoms with van der Waals surface area (Å²) in [5.41, 5.74) is 0. The summed E-state index contributed by atoms with van der Waals surface area (Å²) in [4.78, 5) is 38.0. The molecule has 0 amide bonds. The first kappa shape index (κ1) is 70.1. The Labute approximate surface area is 457 Å². The van der Waals surface area contributed by atoms with Crippen molar-refractivity contribution >= 4 is 17.9 Å². The van der Waals surface area contributed by atoms with Gasteiger partial charge in [0, 0.05) is 19.3 Å². The molecule has 0 aliphatic rings. The van der Waals surface area contributed by atoms with Crippen molar-refractivity contribution in [1.82, 2.24) is 0 Å². The highest BCUT2D eigenvalue weighted by Crippen LogP contribution is 2.16. The molecule has 0 aliphatic heterocycles. The van der Waals surface area contributed by atoms with Gasteiger partial charge in [-0.15, -0.1) is 0 Å². The van der Waals surface area contributed by atoms with Crippen LogP contribution in [0.5, 0.6) is 0 Å². The van der Waals surface area contributed by atoms with Gasteiger partial charge >= 0.3 is 17.9 Å². The molecular weight excluding hydrogens is 913 g/mol. The van der Waals surface area contributed by atoms with Gasteiger partial charge in [0.1, 0.15) is 13.2 Å². The highest BCUT2D eigenvalue weighted by molar-refractivity contribution is 5.71. The molecule has 1 atom stereocenters. The first-order valence-corrected chi connectivity index (χ1v) is 30.9. The second-order valence-electron chi connectivity index (χ2n) is 20.2. The molecule has 0 saturated carbocycles. The molecule has 0 aromatic heterocycles. The lowest BCUT2D eigenvalue weighted by atomic mass is 10.0. The van der Waals surface area contributed by atoms with Crippen molar-refractivity contribution in [2.45, 2.75) is 290 Å². The summed E-state index contributed by atoms with van der Waals surface area (Å²) >= 11 is 0. The monoisotopic (exact) mass is 1030 g/mol. The highest BCUT2D eigenvalue weighted by Gasteiger charge is 2.19. The van der Waals surface area contributed by atoms with E-state index in [0.717, 1.165) is 122 Å². The van der Waals surface area contributed by atoms with Crippen molar-refractivity contribution in [3.63, 3.8) is 0 Å². The fourth-order valence-corrected chi connectivity index (χ4v) is 8.46.